The number of cyclic esters (lactones) is 2. The van der Waals surface area contributed by atoms with Gasteiger partial charge in [-0.2, -0.15) is 0 Å². The predicted molar refractivity (Wildman–Crippen MR) is 174 cm³/mol. The maximum Gasteiger partial charge on any atom is 0.349 e. The minimum absolute atomic E-state index is 0.0967. The third-order valence-corrected chi connectivity index (χ3v) is 9.47. The number of aromatic nitrogens is 4. The van der Waals surface area contributed by atoms with E-state index in [0.717, 1.165) is 34.5 Å². The van der Waals surface area contributed by atoms with Gasteiger partial charge in [-0.1, -0.05) is 20.8 Å². The average molecular weight is 623 g/mol. The van der Waals surface area contributed by atoms with Crippen molar-refractivity contribution in [3.8, 4) is 0 Å². The van der Waals surface area contributed by atoms with Gasteiger partial charge in [0.25, 0.3) is 0 Å². The maximum absolute atomic E-state index is 13.6. The average Bonchev–Trinajstić information content (AvgIpc) is 3.68. The number of nitrogens with zero attached hydrogens (tertiary/aromatic N) is 2. The van der Waals surface area contributed by atoms with Gasteiger partial charge in [0, 0.05) is 40.7 Å². The van der Waals surface area contributed by atoms with Crippen LogP contribution in [0.1, 0.15) is 140 Å². The largest absolute Gasteiger partial charge is 0.466 e. The smallest absolute Gasteiger partial charge is 0.349 e. The van der Waals surface area contributed by atoms with Crippen molar-refractivity contribution in [1.82, 2.24) is 19.9 Å². The molecule has 0 amide bonds. The molecule has 10 nitrogen and oxygen atoms in total. The molecule has 46 heavy (non-hydrogen) atoms. The van der Waals surface area contributed by atoms with Crippen molar-refractivity contribution < 1.29 is 28.7 Å². The van der Waals surface area contributed by atoms with E-state index >= 15 is 0 Å². The molecule has 4 aliphatic rings. The molecule has 0 fully saturated rings. The van der Waals surface area contributed by atoms with Gasteiger partial charge in [0.05, 0.1) is 40.5 Å². The molecule has 0 saturated heterocycles. The molecule has 2 aromatic heterocycles. The molecule has 10 heteroatoms. The fourth-order valence-corrected chi connectivity index (χ4v) is 6.96. The number of fused-ring (bicyclic) bond motifs is 8. The van der Waals surface area contributed by atoms with E-state index in [1.54, 1.807) is 0 Å². The highest BCUT2D eigenvalue weighted by molar-refractivity contribution is 6.27. The van der Waals surface area contributed by atoms with E-state index in [2.05, 4.69) is 16.9 Å². The number of allylic oxidation sites excluding steroid dienone is 4. The van der Waals surface area contributed by atoms with Crippen LogP contribution in [0.5, 0.6) is 0 Å². The zero-order valence-corrected chi connectivity index (χ0v) is 27.3. The molecule has 2 N–H and O–H groups in total. The number of H-pyrrole nitrogens is 2. The van der Waals surface area contributed by atoms with Crippen molar-refractivity contribution in [2.45, 2.75) is 86.0 Å². The molecule has 0 radical (unpaired) electrons. The Kier molecular flexibility index (Phi) is 8.00. The van der Waals surface area contributed by atoms with E-state index in [1.165, 1.54) is 6.92 Å². The van der Waals surface area contributed by atoms with Gasteiger partial charge in [-0.3, -0.25) is 9.59 Å². The summed E-state index contributed by atoms with van der Waals surface area (Å²) in [5.41, 5.74) is 9.38. The van der Waals surface area contributed by atoms with Crippen LogP contribution in [0.25, 0.3) is 33.3 Å². The van der Waals surface area contributed by atoms with Crippen LogP contribution >= 0.6 is 0 Å². The second-order valence-corrected chi connectivity index (χ2v) is 12.3. The first-order valence-corrected chi connectivity index (χ1v) is 15.9. The van der Waals surface area contributed by atoms with Gasteiger partial charge in [-0.25, -0.2) is 19.6 Å². The van der Waals surface area contributed by atoms with E-state index in [-0.39, 0.29) is 35.6 Å². The third-order valence-electron chi connectivity index (χ3n) is 9.47. The molecular weight excluding hydrogens is 584 g/mol. The molecule has 2 aromatic rings. The number of ketones is 1. The summed E-state index contributed by atoms with van der Waals surface area (Å²) in [6, 6.07) is 5.66. The number of aromatic amines is 2. The standard InChI is InChI=1S/C36H38N4O6/c1-8-12-45-29(42)11-10-22-17(4)24-13-25-18(5)30(20(7)41)28(38-25)15-23-16(3)21(9-2)27(37-23)14-26-19(6)31-34(40-26)32(33(22)39-24)36(44)46-35(31)43/h13-15,17,22,39-40H,8-12H2,1-7H3/t17-,22-/m0/s1. The number of Topliss-reactive ketones (excluding diaryl/α,β-unsaturated/α-hetero) is 1. The number of nitrogens with one attached hydrogen (secondary N) is 2. The fraction of sp³-hybridized carbons (Fsp3) is 0.389. The van der Waals surface area contributed by atoms with Gasteiger partial charge in [0.2, 0.25) is 0 Å². The van der Waals surface area contributed by atoms with E-state index < -0.39 is 11.9 Å². The molecule has 2 atom stereocenters. The molecule has 8 bridgehead atoms. The Balaban J connectivity index is 1.72. The van der Waals surface area contributed by atoms with E-state index in [0.29, 0.717) is 70.0 Å². The number of ether oxygens (including phenoxy) is 2. The Bertz CT molecular complexity index is 1990. The number of carbonyl (C=O) groups is 4. The lowest BCUT2D eigenvalue weighted by atomic mass is 9.85. The SMILES string of the molecule is CCCOC(=O)CC[C@@H]1c2[nH]c(cc3nc(cc4nc(cc5[nH]c6c2C(=O)OC(=O)c6c5C)C(CC)=C4C)C(C(C)=O)=C3C)[C@H]1C. The molecule has 0 saturated carbocycles. The van der Waals surface area contributed by atoms with Crippen LogP contribution in [-0.4, -0.2) is 50.2 Å². The molecule has 0 unspecified atom stereocenters. The van der Waals surface area contributed by atoms with E-state index in [1.807, 2.05) is 52.8 Å². The fourth-order valence-electron chi connectivity index (χ4n) is 6.96. The summed E-state index contributed by atoms with van der Waals surface area (Å²) in [5, 5.41) is 0. The topological polar surface area (TPSA) is 144 Å². The van der Waals surface area contributed by atoms with Crippen LogP contribution in [-0.2, 0) is 19.1 Å². The second-order valence-electron chi connectivity index (χ2n) is 12.3. The number of rotatable bonds is 7. The van der Waals surface area contributed by atoms with Crippen molar-refractivity contribution in [1.29, 1.82) is 0 Å². The van der Waals surface area contributed by atoms with Crippen molar-refractivity contribution in [2.24, 2.45) is 0 Å². The Labute approximate surface area is 267 Å². The number of hydrogen-bond acceptors (Lipinski definition) is 8. The monoisotopic (exact) mass is 622 g/mol. The zero-order chi connectivity index (χ0) is 33.0. The summed E-state index contributed by atoms with van der Waals surface area (Å²) in [6.07, 6.45) is 1.97. The minimum Gasteiger partial charge on any atom is -0.466 e. The summed E-state index contributed by atoms with van der Waals surface area (Å²) in [6.45, 7) is 13.6. The molecule has 0 spiro atoms. The summed E-state index contributed by atoms with van der Waals surface area (Å²) < 4.78 is 10.7. The van der Waals surface area contributed by atoms with Crippen molar-refractivity contribution in [3.63, 3.8) is 0 Å². The maximum atomic E-state index is 13.6. The number of hydrogen-bond donors (Lipinski definition) is 2. The number of carbonyl (C=O) groups excluding carboxylic acids is 4. The van der Waals surface area contributed by atoms with Crippen molar-refractivity contribution in [3.05, 3.63) is 69.1 Å². The lowest BCUT2D eigenvalue weighted by Gasteiger charge is -2.19. The first kappa shape index (κ1) is 31.1. The van der Waals surface area contributed by atoms with E-state index in [4.69, 9.17) is 19.4 Å². The van der Waals surface area contributed by atoms with Gasteiger partial charge >= 0.3 is 17.9 Å². The highest BCUT2D eigenvalue weighted by atomic mass is 16.6. The van der Waals surface area contributed by atoms with Gasteiger partial charge in [0.1, 0.15) is 5.56 Å². The molecule has 0 aromatic carbocycles. The van der Waals surface area contributed by atoms with E-state index in [9.17, 15) is 19.2 Å². The quantitative estimate of drug-likeness (QED) is 0.245. The Morgan fingerprint density at radius 3 is 2.30 bits per heavy atom. The number of aryl methyl sites for hydroxylation is 1. The first-order chi connectivity index (χ1) is 21.9. The lowest BCUT2D eigenvalue weighted by molar-refractivity contribution is -0.143. The molecule has 4 aliphatic heterocycles. The summed E-state index contributed by atoms with van der Waals surface area (Å²) in [4.78, 5) is 68.9. The van der Waals surface area contributed by atoms with Crippen LogP contribution in [0.15, 0.2) is 18.2 Å². The molecule has 6 rings (SSSR count). The predicted octanol–water partition coefficient (Wildman–Crippen LogP) is 7.14. The summed E-state index contributed by atoms with van der Waals surface area (Å²) in [5.74, 6) is -2.37. The minimum atomic E-state index is -0.766. The Morgan fingerprint density at radius 1 is 0.913 bits per heavy atom. The van der Waals surface area contributed by atoms with Gasteiger partial charge in [-0.15, -0.1) is 0 Å². The van der Waals surface area contributed by atoms with Crippen LogP contribution in [0.3, 0.4) is 0 Å². The molecule has 238 valence electrons. The van der Waals surface area contributed by atoms with Crippen LogP contribution in [0.4, 0.5) is 0 Å². The van der Waals surface area contributed by atoms with Gasteiger partial charge in [-0.05, 0) is 87.4 Å². The highest BCUT2D eigenvalue weighted by Crippen LogP contribution is 2.44. The molecular formula is C36H38N4O6. The van der Waals surface area contributed by atoms with Gasteiger partial charge in [0.15, 0.2) is 5.78 Å². The van der Waals surface area contributed by atoms with Crippen LogP contribution < -0.4 is 0 Å². The summed E-state index contributed by atoms with van der Waals surface area (Å²) >= 11 is 0. The molecule has 6 heterocycles. The van der Waals surface area contributed by atoms with Crippen LogP contribution in [0, 0.1) is 6.92 Å². The number of esters is 3. The van der Waals surface area contributed by atoms with Crippen molar-refractivity contribution in [2.75, 3.05) is 6.61 Å². The van der Waals surface area contributed by atoms with Crippen molar-refractivity contribution >= 4 is 57.0 Å². The molecule has 0 aliphatic carbocycles. The third kappa shape index (κ3) is 5.05. The highest BCUT2D eigenvalue weighted by Gasteiger charge is 2.38. The van der Waals surface area contributed by atoms with Crippen LogP contribution in [0.2, 0.25) is 0 Å². The Hall–Kier alpha value is -4.86. The van der Waals surface area contributed by atoms with Gasteiger partial charge < -0.3 is 19.4 Å². The second kappa shape index (κ2) is 11.8. The Morgan fingerprint density at radius 2 is 1.61 bits per heavy atom. The zero-order valence-electron chi connectivity index (χ0n) is 27.3. The lowest BCUT2D eigenvalue weighted by Crippen LogP contribution is -2.21. The summed E-state index contributed by atoms with van der Waals surface area (Å²) in [7, 11) is 0. The normalized spacial score (nSPS) is 18.2. The first-order valence-electron chi connectivity index (χ1n) is 15.9.